The number of thiazole rings is 1. The third-order valence-electron chi connectivity index (χ3n) is 1.94. The minimum absolute atomic E-state index is 0.265. The summed E-state index contributed by atoms with van der Waals surface area (Å²) in [6, 6.07) is 0.265. The molecule has 0 aliphatic heterocycles. The number of hydrogen-bond donors (Lipinski definition) is 2. The average Bonchev–Trinajstić information content (AvgIpc) is 2.56. The lowest BCUT2D eigenvalue weighted by Gasteiger charge is -2.22. The van der Waals surface area contributed by atoms with Crippen LogP contribution < -0.4 is 5.32 Å². The van der Waals surface area contributed by atoms with Gasteiger partial charge in [0.1, 0.15) is 5.01 Å². The Kier molecular flexibility index (Phi) is 4.04. The topological polar surface area (TPSA) is 45.1 Å². The van der Waals surface area contributed by atoms with Crippen molar-refractivity contribution in [2.45, 2.75) is 38.8 Å². The SMILES string of the molecule is CCC(NCC(C)(C)O)c1nccs1. The molecule has 0 bridgehead atoms. The van der Waals surface area contributed by atoms with Crippen LogP contribution in [0.1, 0.15) is 38.2 Å². The number of aliphatic hydroxyl groups is 1. The van der Waals surface area contributed by atoms with Gasteiger partial charge in [-0.3, -0.25) is 0 Å². The fourth-order valence-corrected chi connectivity index (χ4v) is 1.98. The van der Waals surface area contributed by atoms with Crippen LogP contribution in [-0.4, -0.2) is 22.2 Å². The third-order valence-corrected chi connectivity index (χ3v) is 2.83. The maximum Gasteiger partial charge on any atom is 0.109 e. The van der Waals surface area contributed by atoms with Crippen LogP contribution in [0.5, 0.6) is 0 Å². The van der Waals surface area contributed by atoms with E-state index < -0.39 is 5.60 Å². The molecule has 80 valence electrons. The minimum Gasteiger partial charge on any atom is -0.389 e. The zero-order chi connectivity index (χ0) is 10.6. The fraction of sp³-hybridized carbons (Fsp3) is 0.700. The average molecular weight is 214 g/mol. The van der Waals surface area contributed by atoms with Gasteiger partial charge in [0.2, 0.25) is 0 Å². The number of rotatable bonds is 5. The lowest BCUT2D eigenvalue weighted by molar-refractivity contribution is 0.0762. The second kappa shape index (κ2) is 4.87. The highest BCUT2D eigenvalue weighted by Gasteiger charge is 2.17. The molecule has 1 atom stereocenters. The van der Waals surface area contributed by atoms with Crippen LogP contribution in [0.15, 0.2) is 11.6 Å². The van der Waals surface area contributed by atoms with Crippen LogP contribution in [0.25, 0.3) is 0 Å². The van der Waals surface area contributed by atoms with Gasteiger partial charge in [-0.05, 0) is 20.3 Å². The normalized spacial score (nSPS) is 14.3. The second-order valence-electron chi connectivity index (χ2n) is 4.02. The van der Waals surface area contributed by atoms with Gasteiger partial charge in [0, 0.05) is 18.1 Å². The summed E-state index contributed by atoms with van der Waals surface area (Å²) in [6.45, 7) is 6.30. The van der Waals surface area contributed by atoms with Gasteiger partial charge in [-0.25, -0.2) is 4.98 Å². The lowest BCUT2D eigenvalue weighted by Crippen LogP contribution is -2.36. The minimum atomic E-state index is -0.662. The molecule has 3 nitrogen and oxygen atoms in total. The molecule has 14 heavy (non-hydrogen) atoms. The molecule has 4 heteroatoms. The molecule has 2 N–H and O–H groups in total. The lowest BCUT2D eigenvalue weighted by atomic mass is 10.1. The van der Waals surface area contributed by atoms with Gasteiger partial charge in [0.15, 0.2) is 0 Å². The van der Waals surface area contributed by atoms with Gasteiger partial charge in [0.05, 0.1) is 11.6 Å². The largest absolute Gasteiger partial charge is 0.389 e. The Labute approximate surface area is 89.2 Å². The molecule has 0 fully saturated rings. The number of hydrogen-bond acceptors (Lipinski definition) is 4. The molecule has 0 amide bonds. The van der Waals surface area contributed by atoms with E-state index in [1.807, 2.05) is 11.6 Å². The predicted molar refractivity (Wildman–Crippen MR) is 59.4 cm³/mol. The molecule has 0 saturated heterocycles. The van der Waals surface area contributed by atoms with Gasteiger partial charge >= 0.3 is 0 Å². The van der Waals surface area contributed by atoms with Crippen molar-refractivity contribution in [2.24, 2.45) is 0 Å². The maximum absolute atomic E-state index is 9.58. The summed E-state index contributed by atoms with van der Waals surface area (Å²) in [5.74, 6) is 0. The van der Waals surface area contributed by atoms with Crippen LogP contribution >= 0.6 is 11.3 Å². The molecule has 1 aromatic heterocycles. The first kappa shape index (κ1) is 11.6. The molecule has 0 radical (unpaired) electrons. The zero-order valence-electron chi connectivity index (χ0n) is 8.95. The molecule has 1 aromatic rings. The summed E-state index contributed by atoms with van der Waals surface area (Å²) in [4.78, 5) is 4.26. The monoisotopic (exact) mass is 214 g/mol. The molecule has 1 unspecified atom stereocenters. The first-order chi connectivity index (χ1) is 6.53. The van der Waals surface area contributed by atoms with Crippen molar-refractivity contribution in [1.29, 1.82) is 0 Å². The smallest absolute Gasteiger partial charge is 0.109 e. The van der Waals surface area contributed by atoms with E-state index >= 15 is 0 Å². The number of nitrogens with one attached hydrogen (secondary N) is 1. The van der Waals surface area contributed by atoms with E-state index in [2.05, 4.69) is 17.2 Å². The van der Waals surface area contributed by atoms with E-state index in [0.29, 0.717) is 6.54 Å². The molecular formula is C10H18N2OS. The molecule has 0 aromatic carbocycles. The quantitative estimate of drug-likeness (QED) is 0.787. The van der Waals surface area contributed by atoms with Crippen LogP contribution in [0.3, 0.4) is 0 Å². The Morgan fingerprint density at radius 2 is 2.36 bits per heavy atom. The Morgan fingerprint density at radius 1 is 1.64 bits per heavy atom. The Morgan fingerprint density at radius 3 is 2.79 bits per heavy atom. The van der Waals surface area contributed by atoms with Crippen molar-refractivity contribution in [1.82, 2.24) is 10.3 Å². The first-order valence-corrected chi connectivity index (χ1v) is 5.76. The summed E-state index contributed by atoms with van der Waals surface area (Å²) >= 11 is 1.65. The third kappa shape index (κ3) is 3.74. The van der Waals surface area contributed by atoms with Gasteiger partial charge in [0.25, 0.3) is 0 Å². The Balaban J connectivity index is 2.49. The summed E-state index contributed by atoms with van der Waals surface area (Å²) in [7, 11) is 0. The molecule has 1 rings (SSSR count). The highest BCUT2D eigenvalue weighted by molar-refractivity contribution is 7.09. The highest BCUT2D eigenvalue weighted by Crippen LogP contribution is 2.19. The van der Waals surface area contributed by atoms with Crippen molar-refractivity contribution in [3.05, 3.63) is 16.6 Å². The Hall–Kier alpha value is -0.450. The van der Waals surface area contributed by atoms with E-state index in [-0.39, 0.29) is 6.04 Å². The molecule has 0 aliphatic carbocycles. The fourth-order valence-electron chi connectivity index (χ4n) is 1.19. The van der Waals surface area contributed by atoms with Crippen molar-refractivity contribution in [3.63, 3.8) is 0 Å². The van der Waals surface area contributed by atoms with Crippen molar-refractivity contribution < 1.29 is 5.11 Å². The van der Waals surface area contributed by atoms with Crippen LogP contribution in [0.4, 0.5) is 0 Å². The van der Waals surface area contributed by atoms with E-state index in [9.17, 15) is 5.11 Å². The summed E-state index contributed by atoms with van der Waals surface area (Å²) in [5.41, 5.74) is -0.662. The van der Waals surface area contributed by atoms with E-state index in [1.165, 1.54) is 0 Å². The number of nitrogens with zero attached hydrogens (tertiary/aromatic N) is 1. The van der Waals surface area contributed by atoms with E-state index in [1.54, 1.807) is 25.2 Å². The Bertz CT molecular complexity index is 254. The molecule has 0 spiro atoms. The standard InChI is InChI=1S/C10H18N2OS/c1-4-8(9-11-5-6-14-9)12-7-10(2,3)13/h5-6,8,12-13H,4,7H2,1-3H3. The molecular weight excluding hydrogens is 196 g/mol. The van der Waals surface area contributed by atoms with Crippen molar-refractivity contribution in [2.75, 3.05) is 6.54 Å². The van der Waals surface area contributed by atoms with E-state index in [4.69, 9.17) is 0 Å². The highest BCUT2D eigenvalue weighted by atomic mass is 32.1. The van der Waals surface area contributed by atoms with Gasteiger partial charge in [-0.15, -0.1) is 11.3 Å². The predicted octanol–water partition coefficient (Wildman–Crippen LogP) is 1.95. The van der Waals surface area contributed by atoms with E-state index in [0.717, 1.165) is 11.4 Å². The maximum atomic E-state index is 9.58. The summed E-state index contributed by atoms with van der Waals surface area (Å²) < 4.78 is 0. The van der Waals surface area contributed by atoms with Crippen molar-refractivity contribution >= 4 is 11.3 Å². The zero-order valence-corrected chi connectivity index (χ0v) is 9.77. The van der Waals surface area contributed by atoms with Crippen LogP contribution in [0, 0.1) is 0 Å². The van der Waals surface area contributed by atoms with Crippen LogP contribution in [-0.2, 0) is 0 Å². The van der Waals surface area contributed by atoms with Gasteiger partial charge in [-0.1, -0.05) is 6.92 Å². The summed E-state index contributed by atoms with van der Waals surface area (Å²) in [6.07, 6.45) is 2.80. The second-order valence-corrected chi connectivity index (χ2v) is 4.95. The van der Waals surface area contributed by atoms with Gasteiger partial charge < -0.3 is 10.4 Å². The molecule has 1 heterocycles. The molecule has 0 saturated carbocycles. The number of aromatic nitrogens is 1. The first-order valence-electron chi connectivity index (χ1n) is 4.88. The van der Waals surface area contributed by atoms with Gasteiger partial charge in [-0.2, -0.15) is 0 Å². The van der Waals surface area contributed by atoms with Crippen LogP contribution in [0.2, 0.25) is 0 Å². The summed E-state index contributed by atoms with van der Waals surface area (Å²) in [5, 5.41) is 16.0. The van der Waals surface area contributed by atoms with Crippen molar-refractivity contribution in [3.8, 4) is 0 Å². The molecule has 0 aliphatic rings.